The van der Waals surface area contributed by atoms with Gasteiger partial charge in [-0.05, 0) is 55.4 Å². The number of amides is 1. The first kappa shape index (κ1) is 19.6. The summed E-state index contributed by atoms with van der Waals surface area (Å²) in [5, 5.41) is 0.790. The van der Waals surface area contributed by atoms with E-state index in [1.807, 2.05) is 4.90 Å². The average Bonchev–Trinajstić information content (AvgIpc) is 3.04. The third-order valence-electron chi connectivity index (χ3n) is 6.48. The second-order valence-electron chi connectivity index (χ2n) is 9.44. The van der Waals surface area contributed by atoms with Gasteiger partial charge in [0.1, 0.15) is 10.7 Å². The number of carbonyl (C=O) groups excluding carboxylic acids is 1. The Morgan fingerprint density at radius 1 is 1.25 bits per heavy atom. The third-order valence-corrected chi connectivity index (χ3v) is 7.63. The molecule has 2 aromatic heterocycles. The van der Waals surface area contributed by atoms with E-state index < -0.39 is 0 Å². The minimum atomic E-state index is -0.0304. The number of rotatable bonds is 3. The van der Waals surface area contributed by atoms with Gasteiger partial charge in [-0.15, -0.1) is 11.3 Å². The Balaban J connectivity index is 1.53. The van der Waals surface area contributed by atoms with Gasteiger partial charge in [0.25, 0.3) is 5.56 Å². The van der Waals surface area contributed by atoms with Crippen molar-refractivity contribution in [2.24, 2.45) is 11.3 Å². The number of aryl methyl sites for hydroxylation is 2. The summed E-state index contributed by atoms with van der Waals surface area (Å²) in [6, 6.07) is 0. The van der Waals surface area contributed by atoms with Crippen molar-refractivity contribution in [3.8, 4) is 0 Å². The molecule has 6 heteroatoms. The summed E-state index contributed by atoms with van der Waals surface area (Å²) < 4.78 is 0. The van der Waals surface area contributed by atoms with E-state index in [9.17, 15) is 9.59 Å². The van der Waals surface area contributed by atoms with Crippen LogP contribution in [0.5, 0.6) is 0 Å². The fourth-order valence-corrected chi connectivity index (χ4v) is 5.93. The van der Waals surface area contributed by atoms with E-state index in [-0.39, 0.29) is 16.9 Å². The highest BCUT2D eigenvalue weighted by molar-refractivity contribution is 7.18. The Morgan fingerprint density at radius 3 is 2.71 bits per heavy atom. The third kappa shape index (κ3) is 3.88. The normalized spacial score (nSPS) is 20.4. The largest absolute Gasteiger partial charge is 0.343 e. The SMILES string of the molecule is CC(C)(C)[C@H]1CCc2c(sc3nc(CCC(=O)N4CCCCC4)[nH]c(=O)c23)C1. The van der Waals surface area contributed by atoms with Crippen LogP contribution in [0.3, 0.4) is 0 Å². The van der Waals surface area contributed by atoms with E-state index in [4.69, 9.17) is 4.98 Å². The monoisotopic (exact) mass is 401 g/mol. The van der Waals surface area contributed by atoms with E-state index in [0.29, 0.717) is 24.6 Å². The Kier molecular flexibility index (Phi) is 5.34. The van der Waals surface area contributed by atoms with Crippen LogP contribution in [0.2, 0.25) is 0 Å². The molecule has 1 N–H and O–H groups in total. The fourth-order valence-electron chi connectivity index (χ4n) is 4.61. The summed E-state index contributed by atoms with van der Waals surface area (Å²) in [4.78, 5) is 37.0. The molecule has 0 aromatic carbocycles. The van der Waals surface area contributed by atoms with Crippen molar-refractivity contribution in [2.75, 3.05) is 13.1 Å². The van der Waals surface area contributed by atoms with E-state index in [1.54, 1.807) is 11.3 Å². The quantitative estimate of drug-likeness (QED) is 0.843. The van der Waals surface area contributed by atoms with Crippen LogP contribution in [-0.4, -0.2) is 33.9 Å². The standard InChI is InChI=1S/C22H31N3O2S/c1-22(2,3)14-7-8-15-16(13-14)28-21-19(15)20(27)23-17(24-21)9-10-18(26)25-11-5-4-6-12-25/h14H,4-13H2,1-3H3,(H,23,24,27)/t14-/m0/s1. The van der Waals surface area contributed by atoms with Gasteiger partial charge in [0.2, 0.25) is 5.91 Å². The zero-order valence-electron chi connectivity index (χ0n) is 17.3. The van der Waals surface area contributed by atoms with Gasteiger partial charge >= 0.3 is 0 Å². The number of nitrogens with zero attached hydrogens (tertiary/aromatic N) is 2. The smallest absolute Gasteiger partial charge is 0.259 e. The molecule has 1 aliphatic carbocycles. The van der Waals surface area contributed by atoms with Crippen molar-refractivity contribution in [3.05, 3.63) is 26.6 Å². The predicted molar refractivity (Wildman–Crippen MR) is 114 cm³/mol. The number of nitrogens with one attached hydrogen (secondary N) is 1. The van der Waals surface area contributed by atoms with Crippen LogP contribution in [0.25, 0.3) is 10.2 Å². The predicted octanol–water partition coefficient (Wildman–Crippen LogP) is 4.08. The van der Waals surface area contributed by atoms with Gasteiger partial charge < -0.3 is 9.88 Å². The van der Waals surface area contributed by atoms with E-state index in [2.05, 4.69) is 25.8 Å². The highest BCUT2D eigenvalue weighted by Crippen LogP contribution is 2.41. The number of hydrogen-bond acceptors (Lipinski definition) is 4. The maximum Gasteiger partial charge on any atom is 0.259 e. The number of aromatic nitrogens is 2. The first-order valence-corrected chi connectivity index (χ1v) is 11.5. The summed E-state index contributed by atoms with van der Waals surface area (Å²) >= 11 is 1.68. The number of piperidine rings is 1. The highest BCUT2D eigenvalue weighted by atomic mass is 32.1. The molecule has 1 fully saturated rings. The molecule has 28 heavy (non-hydrogen) atoms. The van der Waals surface area contributed by atoms with E-state index >= 15 is 0 Å². The van der Waals surface area contributed by atoms with Crippen molar-refractivity contribution >= 4 is 27.5 Å². The van der Waals surface area contributed by atoms with E-state index in [1.165, 1.54) is 16.9 Å². The molecule has 1 amide bonds. The molecule has 1 atom stereocenters. The van der Waals surface area contributed by atoms with Crippen molar-refractivity contribution < 1.29 is 4.79 Å². The van der Waals surface area contributed by atoms with Crippen LogP contribution in [-0.2, 0) is 24.1 Å². The zero-order chi connectivity index (χ0) is 19.9. The molecule has 5 nitrogen and oxygen atoms in total. The molecule has 2 aromatic rings. The van der Waals surface area contributed by atoms with Crippen molar-refractivity contribution in [2.45, 2.75) is 72.1 Å². The summed E-state index contributed by atoms with van der Waals surface area (Å²) in [6.07, 6.45) is 7.49. The summed E-state index contributed by atoms with van der Waals surface area (Å²) in [6.45, 7) is 8.65. The van der Waals surface area contributed by atoms with Gasteiger partial charge in [0, 0.05) is 30.8 Å². The topological polar surface area (TPSA) is 66.1 Å². The van der Waals surface area contributed by atoms with Crippen LogP contribution >= 0.6 is 11.3 Å². The molecule has 3 heterocycles. The average molecular weight is 402 g/mol. The molecule has 0 spiro atoms. The van der Waals surface area contributed by atoms with Gasteiger partial charge in [-0.1, -0.05) is 20.8 Å². The molecule has 1 saturated heterocycles. The number of likely N-dealkylation sites (tertiary alicyclic amines) is 1. The Morgan fingerprint density at radius 2 is 2.00 bits per heavy atom. The van der Waals surface area contributed by atoms with Gasteiger partial charge in [-0.25, -0.2) is 4.98 Å². The lowest BCUT2D eigenvalue weighted by Gasteiger charge is -2.33. The molecule has 0 saturated carbocycles. The first-order chi connectivity index (χ1) is 13.3. The highest BCUT2D eigenvalue weighted by Gasteiger charge is 2.31. The Labute approximate surface area is 170 Å². The van der Waals surface area contributed by atoms with Crippen LogP contribution < -0.4 is 5.56 Å². The minimum absolute atomic E-state index is 0.0304. The van der Waals surface area contributed by atoms with Crippen LogP contribution in [0.4, 0.5) is 0 Å². The number of thiophene rings is 1. The van der Waals surface area contributed by atoms with Crippen molar-refractivity contribution in [1.82, 2.24) is 14.9 Å². The second kappa shape index (κ2) is 7.62. The van der Waals surface area contributed by atoms with Gasteiger partial charge in [0.05, 0.1) is 5.39 Å². The minimum Gasteiger partial charge on any atom is -0.343 e. The van der Waals surface area contributed by atoms with Crippen molar-refractivity contribution in [1.29, 1.82) is 0 Å². The summed E-state index contributed by atoms with van der Waals surface area (Å²) in [5.74, 6) is 1.48. The molecule has 4 rings (SSSR count). The van der Waals surface area contributed by atoms with Gasteiger partial charge in [0.15, 0.2) is 0 Å². The maximum absolute atomic E-state index is 12.8. The Hall–Kier alpha value is -1.69. The molecular weight excluding hydrogens is 370 g/mol. The maximum atomic E-state index is 12.8. The number of aromatic amines is 1. The fraction of sp³-hybridized carbons (Fsp3) is 0.682. The molecule has 0 radical (unpaired) electrons. The lowest BCUT2D eigenvalue weighted by molar-refractivity contribution is -0.132. The summed E-state index contributed by atoms with van der Waals surface area (Å²) in [7, 11) is 0. The van der Waals surface area contributed by atoms with Gasteiger partial charge in [-0.2, -0.15) is 0 Å². The van der Waals surface area contributed by atoms with Crippen LogP contribution in [0.1, 0.15) is 69.1 Å². The molecule has 0 bridgehead atoms. The lowest BCUT2D eigenvalue weighted by atomic mass is 9.72. The van der Waals surface area contributed by atoms with Crippen LogP contribution in [0.15, 0.2) is 4.79 Å². The number of carbonyl (C=O) groups is 1. The zero-order valence-corrected chi connectivity index (χ0v) is 18.1. The number of H-pyrrole nitrogens is 1. The molecule has 1 aliphatic heterocycles. The van der Waals surface area contributed by atoms with E-state index in [0.717, 1.165) is 55.4 Å². The molecule has 152 valence electrons. The number of fused-ring (bicyclic) bond motifs is 3. The summed E-state index contributed by atoms with van der Waals surface area (Å²) in [5.41, 5.74) is 1.47. The second-order valence-corrected chi connectivity index (χ2v) is 10.5. The molecule has 0 unspecified atom stereocenters. The lowest BCUT2D eigenvalue weighted by Crippen LogP contribution is -2.35. The van der Waals surface area contributed by atoms with Crippen LogP contribution in [0, 0.1) is 11.3 Å². The molecular formula is C22H31N3O2S. The van der Waals surface area contributed by atoms with Crippen molar-refractivity contribution in [3.63, 3.8) is 0 Å². The first-order valence-electron chi connectivity index (χ1n) is 10.6. The Bertz CT molecular complexity index is 932. The molecule has 2 aliphatic rings. The number of hydrogen-bond donors (Lipinski definition) is 1. The van der Waals surface area contributed by atoms with Gasteiger partial charge in [-0.3, -0.25) is 9.59 Å².